The summed E-state index contributed by atoms with van der Waals surface area (Å²) in [6.45, 7) is 4.86. The normalized spacial score (nSPS) is 27.8. The highest BCUT2D eigenvalue weighted by Gasteiger charge is 2.86. The number of nitrogens with one attached hydrogen (secondary N) is 1. The highest BCUT2D eigenvalue weighted by atomic mass is 32.2. The molecule has 0 radical (unpaired) electrons. The number of amides is 1. The summed E-state index contributed by atoms with van der Waals surface area (Å²) >= 11 is 0. The Morgan fingerprint density at radius 2 is 1.63 bits per heavy atom. The topological polar surface area (TPSA) is 81.7 Å². The van der Waals surface area contributed by atoms with E-state index in [-0.39, 0.29) is 18.1 Å². The maximum atomic E-state index is 14.4. The van der Waals surface area contributed by atoms with Gasteiger partial charge in [0.25, 0.3) is 5.60 Å². The number of alkyl carbamates (subject to hydrolysis) is 1. The average Bonchev–Trinajstić information content (AvgIpc) is 3.44. The number of carbonyl (C=O) groups excluding carboxylic acids is 2. The minimum atomic E-state index is -1.75. The summed E-state index contributed by atoms with van der Waals surface area (Å²) in [5, 5.41) is 2.76. The molecule has 1 N–H and O–H groups in total. The van der Waals surface area contributed by atoms with Crippen LogP contribution in [-0.2, 0) is 30.7 Å². The summed E-state index contributed by atoms with van der Waals surface area (Å²) in [5.41, 5.74) is -0.560. The number of rotatable bonds is 12. The van der Waals surface area contributed by atoms with Gasteiger partial charge in [0.15, 0.2) is 0 Å². The molecule has 2 spiro atoms. The molecule has 2 aromatic rings. The highest BCUT2D eigenvalue weighted by molar-refractivity contribution is 7.84. The largest absolute Gasteiger partial charge is 0.458 e. The number of quaternary nitrogens is 1. The highest BCUT2D eigenvalue weighted by Crippen LogP contribution is 2.73. The molecule has 8 heteroatoms. The van der Waals surface area contributed by atoms with Crippen molar-refractivity contribution in [3.8, 4) is 0 Å². The molecule has 1 amide bonds. The number of piperidine rings is 2. The fourth-order valence-corrected chi connectivity index (χ4v) is 9.57. The lowest BCUT2D eigenvalue weighted by molar-refractivity contribution is -1.05. The first-order chi connectivity index (χ1) is 20.0. The minimum absolute atomic E-state index is 0.100. The summed E-state index contributed by atoms with van der Waals surface area (Å²) < 4.78 is 26.2. The van der Waals surface area contributed by atoms with E-state index in [0.29, 0.717) is 34.7 Å². The second-order valence-corrected chi connectivity index (χ2v) is 14.1. The van der Waals surface area contributed by atoms with Crippen molar-refractivity contribution in [1.29, 1.82) is 0 Å². The van der Waals surface area contributed by atoms with Gasteiger partial charge in [0.1, 0.15) is 23.6 Å². The number of benzene rings is 2. The van der Waals surface area contributed by atoms with E-state index in [1.54, 1.807) is 0 Å². The Morgan fingerprint density at radius 1 is 0.976 bits per heavy atom. The molecule has 220 valence electrons. The van der Waals surface area contributed by atoms with Gasteiger partial charge in [-0.1, -0.05) is 80.4 Å². The SMILES string of the molecule is CCCCCS(=O)CCNC(=O)OC(C(=O)OC1CC2C13CCC3[N+]21CCCC1)(c1ccccc1)c1ccccc1. The minimum Gasteiger partial charge on any atom is -0.458 e. The van der Waals surface area contributed by atoms with Crippen molar-refractivity contribution in [2.75, 3.05) is 31.1 Å². The summed E-state index contributed by atoms with van der Waals surface area (Å²) in [6.07, 6.45) is 7.97. The molecule has 2 aliphatic heterocycles. The van der Waals surface area contributed by atoms with Gasteiger partial charge < -0.3 is 19.3 Å². The number of fused-ring (bicyclic) bond motifs is 2. The molecule has 41 heavy (non-hydrogen) atoms. The van der Waals surface area contributed by atoms with Crippen molar-refractivity contribution >= 4 is 22.9 Å². The summed E-state index contributed by atoms with van der Waals surface area (Å²) in [5.74, 6) is 0.428. The monoisotopic (exact) mass is 579 g/mol. The number of nitrogens with zero attached hydrogens (tertiary/aromatic N) is 1. The molecule has 0 aromatic heterocycles. The molecule has 5 atom stereocenters. The maximum Gasteiger partial charge on any atom is 0.408 e. The van der Waals surface area contributed by atoms with Crippen LogP contribution in [-0.4, -0.2) is 70.1 Å². The molecule has 2 aromatic carbocycles. The number of unbranched alkanes of at least 4 members (excludes halogenated alkanes) is 2. The van der Waals surface area contributed by atoms with E-state index in [9.17, 15) is 13.8 Å². The number of hydrogen-bond donors (Lipinski definition) is 1. The van der Waals surface area contributed by atoms with E-state index >= 15 is 0 Å². The van der Waals surface area contributed by atoms with Crippen molar-refractivity contribution in [2.45, 2.75) is 82.1 Å². The lowest BCUT2D eigenvalue weighted by atomic mass is 9.39. The van der Waals surface area contributed by atoms with Gasteiger partial charge in [0, 0.05) is 65.7 Å². The van der Waals surface area contributed by atoms with E-state index in [1.165, 1.54) is 36.8 Å². The molecule has 6 rings (SSSR count). The van der Waals surface area contributed by atoms with Crippen molar-refractivity contribution in [3.05, 3.63) is 71.8 Å². The van der Waals surface area contributed by atoms with Gasteiger partial charge in [-0.25, -0.2) is 9.59 Å². The van der Waals surface area contributed by atoms with Crippen molar-refractivity contribution in [1.82, 2.24) is 5.32 Å². The van der Waals surface area contributed by atoms with E-state index < -0.39 is 28.5 Å². The summed E-state index contributed by atoms with van der Waals surface area (Å²) in [6, 6.07) is 19.6. The molecule has 2 aliphatic carbocycles. The Balaban J connectivity index is 1.22. The van der Waals surface area contributed by atoms with Gasteiger partial charge in [-0.05, 0) is 12.8 Å². The number of hydrogen-bond acceptors (Lipinski definition) is 5. The zero-order chi connectivity index (χ0) is 28.5. The zero-order valence-electron chi connectivity index (χ0n) is 24.1. The summed E-state index contributed by atoms with van der Waals surface area (Å²) in [4.78, 5) is 27.7. The van der Waals surface area contributed by atoms with Crippen molar-refractivity contribution in [2.24, 2.45) is 5.41 Å². The average molecular weight is 580 g/mol. The fraction of sp³-hybridized carbons (Fsp3) is 0.576. The van der Waals surface area contributed by atoms with Crippen LogP contribution in [0.3, 0.4) is 0 Å². The number of carbonyl (C=O) groups is 2. The summed E-state index contributed by atoms with van der Waals surface area (Å²) in [7, 11) is -1.01. The van der Waals surface area contributed by atoms with Crippen LogP contribution < -0.4 is 5.32 Å². The lowest BCUT2D eigenvalue weighted by Crippen LogP contribution is -2.94. The first-order valence-electron chi connectivity index (χ1n) is 15.5. The molecule has 4 aliphatic rings. The molecule has 2 heterocycles. The predicted octanol–water partition coefficient (Wildman–Crippen LogP) is 5.05. The molecule has 2 saturated heterocycles. The van der Waals surface area contributed by atoms with Crippen LogP contribution in [0.2, 0.25) is 0 Å². The van der Waals surface area contributed by atoms with Gasteiger partial charge in [-0.15, -0.1) is 0 Å². The lowest BCUT2D eigenvalue weighted by Gasteiger charge is -2.80. The smallest absolute Gasteiger partial charge is 0.408 e. The van der Waals surface area contributed by atoms with Crippen molar-refractivity contribution < 1.29 is 27.8 Å². The Bertz CT molecular complexity index is 1220. The third kappa shape index (κ3) is 4.62. The molecular weight excluding hydrogens is 536 g/mol. The molecule has 2 saturated carbocycles. The van der Waals surface area contributed by atoms with E-state index in [2.05, 4.69) is 12.2 Å². The second-order valence-electron chi connectivity index (χ2n) is 12.4. The van der Waals surface area contributed by atoms with Gasteiger partial charge in [0.05, 0.1) is 13.1 Å². The first-order valence-corrected chi connectivity index (χ1v) is 17.0. The van der Waals surface area contributed by atoms with Gasteiger partial charge in [-0.3, -0.25) is 4.21 Å². The Labute approximate surface area is 246 Å². The standard InChI is InChI=1S/C33H42N2O5S/c1-2-3-12-22-41(38)23-19-34-31(37)40-33(25-13-6-4-7-14-25,26-15-8-5-9-16-26)30(36)39-29-24-28-32(29)18-17-27(32)35(28)20-10-11-21-35/h4-9,13-16,27-29H,2-3,10-12,17-24H2,1H3/p+1. The van der Waals surface area contributed by atoms with Crippen LogP contribution in [0.25, 0.3) is 0 Å². The Kier molecular flexibility index (Phi) is 7.98. The van der Waals surface area contributed by atoms with Crippen LogP contribution in [0.1, 0.15) is 69.4 Å². The van der Waals surface area contributed by atoms with Gasteiger partial charge in [0.2, 0.25) is 0 Å². The van der Waals surface area contributed by atoms with Crippen LogP contribution >= 0.6 is 0 Å². The van der Waals surface area contributed by atoms with E-state index in [4.69, 9.17) is 9.47 Å². The predicted molar refractivity (Wildman–Crippen MR) is 159 cm³/mol. The third-order valence-corrected chi connectivity index (χ3v) is 11.9. The molecular formula is C33H43N2O5S+. The van der Waals surface area contributed by atoms with Crippen LogP contribution in [0, 0.1) is 5.41 Å². The number of ether oxygens (including phenoxy) is 2. The zero-order valence-corrected chi connectivity index (χ0v) is 24.9. The Hall–Kier alpha value is -2.71. The first kappa shape index (κ1) is 28.4. The fourth-order valence-electron chi connectivity index (χ4n) is 8.51. The third-order valence-electron chi connectivity index (χ3n) is 10.5. The molecule has 5 unspecified atom stereocenters. The van der Waals surface area contributed by atoms with Crippen LogP contribution in [0.15, 0.2) is 60.7 Å². The maximum absolute atomic E-state index is 14.4. The molecule has 0 bridgehead atoms. The van der Waals surface area contributed by atoms with Crippen LogP contribution in [0.4, 0.5) is 4.79 Å². The van der Waals surface area contributed by atoms with E-state index in [0.717, 1.165) is 32.1 Å². The van der Waals surface area contributed by atoms with Crippen molar-refractivity contribution in [3.63, 3.8) is 0 Å². The second kappa shape index (κ2) is 11.5. The van der Waals surface area contributed by atoms with Gasteiger partial charge in [-0.2, -0.15) is 0 Å². The van der Waals surface area contributed by atoms with E-state index in [1.807, 2.05) is 60.7 Å². The molecule has 4 fully saturated rings. The number of esters is 1. The Morgan fingerprint density at radius 3 is 2.20 bits per heavy atom. The molecule has 7 nitrogen and oxygen atoms in total. The quantitative estimate of drug-likeness (QED) is 0.216. The van der Waals surface area contributed by atoms with Gasteiger partial charge >= 0.3 is 12.1 Å². The van der Waals surface area contributed by atoms with Crippen LogP contribution in [0.5, 0.6) is 0 Å².